The molecule has 0 fully saturated rings. The third-order valence-corrected chi connectivity index (χ3v) is 5.52. The highest BCUT2D eigenvalue weighted by atomic mass is 35.5. The second-order valence-electron chi connectivity index (χ2n) is 5.31. The Hall–Kier alpha value is -1.86. The van der Waals surface area contributed by atoms with Crippen molar-refractivity contribution in [3.8, 4) is 5.75 Å². The lowest BCUT2D eigenvalue weighted by Gasteiger charge is -2.11. The van der Waals surface area contributed by atoms with Crippen molar-refractivity contribution in [1.82, 2.24) is 5.32 Å². The Morgan fingerprint density at radius 1 is 1.20 bits per heavy atom. The summed E-state index contributed by atoms with van der Waals surface area (Å²) in [5.74, 6) is -0.377. The molecule has 3 N–H and O–H groups in total. The summed E-state index contributed by atoms with van der Waals surface area (Å²) < 4.78 is 0.817. The number of aryl methyl sites for hydroxylation is 1. The zero-order chi connectivity index (χ0) is 18.1. The number of amides is 1. The van der Waals surface area contributed by atoms with Gasteiger partial charge >= 0.3 is 0 Å². The number of carbonyl (C=O) groups is 1. The van der Waals surface area contributed by atoms with Gasteiger partial charge in [-0.1, -0.05) is 35.3 Å². The number of rotatable bonds is 2. The molecule has 0 aliphatic rings. The quantitative estimate of drug-likeness (QED) is 0.393. The predicted molar refractivity (Wildman–Crippen MR) is 108 cm³/mol. The number of nitrogens with one attached hydrogen (secondary N) is 2. The van der Waals surface area contributed by atoms with Crippen LogP contribution in [0.3, 0.4) is 0 Å². The Morgan fingerprint density at radius 2 is 1.96 bits per heavy atom. The van der Waals surface area contributed by atoms with E-state index in [9.17, 15) is 9.90 Å². The van der Waals surface area contributed by atoms with Gasteiger partial charge in [-0.05, 0) is 49.0 Å². The SMILES string of the molecule is Cc1ccc(NC(=S)NC(=O)c2sc3cc(Cl)ccc3c2Cl)c(O)c1. The Morgan fingerprint density at radius 3 is 2.68 bits per heavy atom. The minimum absolute atomic E-state index is 0.0473. The third-order valence-electron chi connectivity index (χ3n) is 3.43. The largest absolute Gasteiger partial charge is 0.506 e. The molecule has 0 aliphatic carbocycles. The summed E-state index contributed by atoms with van der Waals surface area (Å²) >= 11 is 18.6. The Bertz CT molecular complexity index is 1000. The summed E-state index contributed by atoms with van der Waals surface area (Å²) in [5.41, 5.74) is 1.32. The zero-order valence-electron chi connectivity index (χ0n) is 12.9. The summed E-state index contributed by atoms with van der Waals surface area (Å²) in [5, 5.41) is 17.0. The van der Waals surface area contributed by atoms with E-state index in [2.05, 4.69) is 10.6 Å². The number of fused-ring (bicyclic) bond motifs is 1. The molecule has 0 saturated carbocycles. The Kier molecular flexibility index (Phi) is 5.15. The summed E-state index contributed by atoms with van der Waals surface area (Å²) in [6.45, 7) is 1.86. The maximum atomic E-state index is 12.5. The fourth-order valence-electron chi connectivity index (χ4n) is 2.25. The number of thiocarbonyl (C=S) groups is 1. The molecule has 1 aromatic heterocycles. The molecule has 1 amide bonds. The van der Waals surface area contributed by atoms with Gasteiger partial charge in [-0.15, -0.1) is 11.3 Å². The average molecular weight is 411 g/mol. The number of carbonyl (C=O) groups excluding carboxylic acids is 1. The fraction of sp³-hybridized carbons (Fsp3) is 0.0588. The molecule has 0 spiro atoms. The number of thiophene rings is 1. The number of anilines is 1. The van der Waals surface area contributed by atoms with E-state index in [0.29, 0.717) is 20.6 Å². The van der Waals surface area contributed by atoms with E-state index >= 15 is 0 Å². The third kappa shape index (κ3) is 3.88. The highest BCUT2D eigenvalue weighted by Crippen LogP contribution is 2.36. The van der Waals surface area contributed by atoms with Crippen LogP contribution in [0.25, 0.3) is 10.1 Å². The molecule has 128 valence electrons. The summed E-state index contributed by atoms with van der Waals surface area (Å²) in [6, 6.07) is 10.3. The van der Waals surface area contributed by atoms with Gasteiger partial charge in [-0.25, -0.2) is 0 Å². The molecule has 25 heavy (non-hydrogen) atoms. The molecular formula is C17H12Cl2N2O2S2. The predicted octanol–water partition coefficient (Wildman–Crippen LogP) is 5.35. The van der Waals surface area contributed by atoms with Crippen molar-refractivity contribution in [2.45, 2.75) is 6.92 Å². The molecule has 2 aromatic carbocycles. The van der Waals surface area contributed by atoms with Crippen LogP contribution in [0.15, 0.2) is 36.4 Å². The first kappa shape index (κ1) is 17.9. The van der Waals surface area contributed by atoms with Gasteiger partial charge in [0.2, 0.25) is 0 Å². The van der Waals surface area contributed by atoms with Crippen LogP contribution < -0.4 is 10.6 Å². The maximum Gasteiger partial charge on any atom is 0.269 e. The van der Waals surface area contributed by atoms with E-state index < -0.39 is 5.91 Å². The molecule has 3 aromatic rings. The molecule has 4 nitrogen and oxygen atoms in total. The lowest BCUT2D eigenvalue weighted by molar-refractivity contribution is 0.0982. The molecule has 0 bridgehead atoms. The van der Waals surface area contributed by atoms with Crippen LogP contribution >= 0.6 is 46.8 Å². The van der Waals surface area contributed by atoms with Crippen LogP contribution in [0.1, 0.15) is 15.2 Å². The van der Waals surface area contributed by atoms with Crippen molar-refractivity contribution in [1.29, 1.82) is 0 Å². The summed E-state index contributed by atoms with van der Waals surface area (Å²) in [6.07, 6.45) is 0. The number of hydrogen-bond donors (Lipinski definition) is 3. The lowest BCUT2D eigenvalue weighted by Crippen LogP contribution is -2.33. The number of hydrogen-bond acceptors (Lipinski definition) is 4. The minimum atomic E-state index is -0.425. The smallest absolute Gasteiger partial charge is 0.269 e. The monoisotopic (exact) mass is 410 g/mol. The first-order chi connectivity index (χ1) is 11.8. The normalized spacial score (nSPS) is 10.7. The molecule has 0 aliphatic heterocycles. The van der Waals surface area contributed by atoms with Crippen molar-refractivity contribution < 1.29 is 9.90 Å². The number of phenols is 1. The number of halogens is 2. The molecule has 3 rings (SSSR count). The highest BCUT2D eigenvalue weighted by Gasteiger charge is 2.18. The molecule has 0 saturated heterocycles. The summed E-state index contributed by atoms with van der Waals surface area (Å²) in [7, 11) is 0. The topological polar surface area (TPSA) is 61.4 Å². The van der Waals surface area contributed by atoms with Gasteiger partial charge in [0.15, 0.2) is 5.11 Å². The Balaban J connectivity index is 1.77. The van der Waals surface area contributed by atoms with Crippen molar-refractivity contribution >= 4 is 73.5 Å². The number of benzene rings is 2. The summed E-state index contributed by atoms with van der Waals surface area (Å²) in [4.78, 5) is 12.8. The second-order valence-corrected chi connectivity index (χ2v) is 7.59. The highest BCUT2D eigenvalue weighted by molar-refractivity contribution is 7.80. The molecular weight excluding hydrogens is 399 g/mol. The van der Waals surface area contributed by atoms with Gasteiger partial charge in [-0.2, -0.15) is 0 Å². The van der Waals surface area contributed by atoms with Gasteiger partial charge in [0.25, 0.3) is 5.91 Å². The van der Waals surface area contributed by atoms with Crippen molar-refractivity contribution in [3.05, 3.63) is 56.9 Å². The standard InChI is InChI=1S/C17H12Cl2N2O2S2/c1-8-2-5-11(12(22)6-8)20-17(24)21-16(23)15-14(19)10-4-3-9(18)7-13(10)25-15/h2-7,22H,1H3,(H2,20,21,23,24). The number of phenolic OH excluding ortho intramolecular Hbond substituents is 1. The zero-order valence-corrected chi connectivity index (χ0v) is 16.0. The first-order valence-corrected chi connectivity index (χ1v) is 9.12. The van der Waals surface area contributed by atoms with Crippen LogP contribution in [-0.4, -0.2) is 16.1 Å². The molecule has 0 radical (unpaired) electrons. The van der Waals surface area contributed by atoms with Gasteiger partial charge in [-0.3, -0.25) is 10.1 Å². The molecule has 0 atom stereocenters. The van der Waals surface area contributed by atoms with Crippen molar-refractivity contribution in [3.63, 3.8) is 0 Å². The molecule has 0 unspecified atom stereocenters. The first-order valence-electron chi connectivity index (χ1n) is 7.14. The van der Waals surface area contributed by atoms with Gasteiger partial charge in [0.05, 0.1) is 10.7 Å². The number of aromatic hydroxyl groups is 1. The van der Waals surface area contributed by atoms with E-state index in [1.807, 2.05) is 13.0 Å². The second kappa shape index (κ2) is 7.17. The van der Waals surface area contributed by atoms with Crippen LogP contribution in [0.4, 0.5) is 5.69 Å². The van der Waals surface area contributed by atoms with E-state index in [1.54, 1.807) is 30.3 Å². The van der Waals surface area contributed by atoms with E-state index in [-0.39, 0.29) is 10.9 Å². The van der Waals surface area contributed by atoms with Gasteiger partial charge in [0, 0.05) is 15.1 Å². The van der Waals surface area contributed by atoms with E-state index in [1.165, 1.54) is 11.3 Å². The van der Waals surface area contributed by atoms with E-state index in [4.69, 9.17) is 35.4 Å². The van der Waals surface area contributed by atoms with Crippen LogP contribution in [0.2, 0.25) is 10.0 Å². The maximum absolute atomic E-state index is 12.5. The van der Waals surface area contributed by atoms with Gasteiger partial charge in [0.1, 0.15) is 10.6 Å². The molecule has 1 heterocycles. The minimum Gasteiger partial charge on any atom is -0.506 e. The molecule has 8 heteroatoms. The van der Waals surface area contributed by atoms with E-state index in [0.717, 1.165) is 15.6 Å². The Labute approximate surface area is 163 Å². The van der Waals surface area contributed by atoms with Crippen molar-refractivity contribution in [2.75, 3.05) is 5.32 Å². The van der Waals surface area contributed by atoms with Crippen LogP contribution in [0.5, 0.6) is 5.75 Å². The van der Waals surface area contributed by atoms with Crippen molar-refractivity contribution in [2.24, 2.45) is 0 Å². The van der Waals surface area contributed by atoms with Gasteiger partial charge < -0.3 is 10.4 Å². The average Bonchev–Trinajstić information content (AvgIpc) is 2.86. The fourth-order valence-corrected chi connectivity index (χ4v) is 4.14. The van der Waals surface area contributed by atoms with Crippen LogP contribution in [0, 0.1) is 6.92 Å². The van der Waals surface area contributed by atoms with Crippen LogP contribution in [-0.2, 0) is 0 Å². The lowest BCUT2D eigenvalue weighted by atomic mass is 10.2.